The highest BCUT2D eigenvalue weighted by Gasteiger charge is 2.21. The van der Waals surface area contributed by atoms with E-state index in [1.165, 1.54) is 6.20 Å². The van der Waals surface area contributed by atoms with Gasteiger partial charge in [0.1, 0.15) is 11.4 Å². The number of methoxy groups -OCH3 is 1. The molecule has 0 aliphatic heterocycles. The van der Waals surface area contributed by atoms with Crippen LogP contribution < -0.4 is 15.8 Å². The Balaban J connectivity index is 1.98. The number of primary amides is 1. The van der Waals surface area contributed by atoms with Crippen LogP contribution in [-0.4, -0.2) is 27.8 Å². The van der Waals surface area contributed by atoms with E-state index in [-0.39, 0.29) is 0 Å². The largest absolute Gasteiger partial charge is 0.497 e. The van der Waals surface area contributed by atoms with Crippen LogP contribution in [0.25, 0.3) is 22.3 Å². The zero-order chi connectivity index (χ0) is 19.7. The van der Waals surface area contributed by atoms with Crippen LogP contribution in [-0.2, 0) is 7.05 Å². The smallest absolute Gasteiger partial charge is 0.252 e. The number of aryl methyl sites for hydroxylation is 1. The monoisotopic (exact) mass is 373 g/mol. The molecule has 0 unspecified atom stereocenters. The number of anilines is 2. The molecule has 0 aliphatic carbocycles. The van der Waals surface area contributed by atoms with Crippen molar-refractivity contribution in [2.75, 3.05) is 12.4 Å². The first-order valence-corrected chi connectivity index (χ1v) is 8.70. The molecule has 1 amide bonds. The summed E-state index contributed by atoms with van der Waals surface area (Å²) in [6.07, 6.45) is 1.48. The number of carbonyl (C=O) groups excluding carboxylic acids is 1. The number of carbonyl (C=O) groups is 1. The Kier molecular flexibility index (Phi) is 4.41. The average molecular weight is 373 g/mol. The Labute approximate surface area is 161 Å². The number of fused-ring (bicyclic) bond motifs is 1. The molecule has 0 atom stereocenters. The third-order valence-electron chi connectivity index (χ3n) is 4.50. The van der Waals surface area contributed by atoms with Crippen LogP contribution in [0.2, 0.25) is 0 Å². The number of ether oxygens (including phenoxy) is 1. The highest BCUT2D eigenvalue weighted by atomic mass is 16.5. The Hall–Kier alpha value is -3.87. The summed E-state index contributed by atoms with van der Waals surface area (Å²) in [6, 6.07) is 17.2. The molecule has 0 fully saturated rings. The molecule has 7 heteroatoms. The number of aromatic nitrogens is 3. The molecule has 7 nitrogen and oxygen atoms in total. The van der Waals surface area contributed by atoms with E-state index in [9.17, 15) is 4.79 Å². The molecule has 2 aromatic carbocycles. The molecule has 3 N–H and O–H groups in total. The molecule has 2 heterocycles. The summed E-state index contributed by atoms with van der Waals surface area (Å²) in [5.74, 6) is 0.132. The highest BCUT2D eigenvalue weighted by molar-refractivity contribution is 6.11. The number of pyridine rings is 1. The summed E-state index contributed by atoms with van der Waals surface area (Å²) >= 11 is 0. The zero-order valence-corrected chi connectivity index (χ0v) is 15.5. The van der Waals surface area contributed by atoms with Gasteiger partial charge in [-0.05, 0) is 12.1 Å². The maximum Gasteiger partial charge on any atom is 0.252 e. The normalized spacial score (nSPS) is 10.8. The Bertz CT molecular complexity index is 1170. The van der Waals surface area contributed by atoms with Crippen molar-refractivity contribution in [1.82, 2.24) is 14.8 Å². The number of rotatable bonds is 5. The first kappa shape index (κ1) is 17.5. The highest BCUT2D eigenvalue weighted by Crippen LogP contribution is 2.36. The van der Waals surface area contributed by atoms with E-state index in [1.54, 1.807) is 11.8 Å². The molecule has 0 spiro atoms. The van der Waals surface area contributed by atoms with Gasteiger partial charge >= 0.3 is 0 Å². The van der Waals surface area contributed by atoms with E-state index in [1.807, 2.05) is 61.6 Å². The van der Waals surface area contributed by atoms with Crippen molar-refractivity contribution in [1.29, 1.82) is 0 Å². The van der Waals surface area contributed by atoms with Crippen molar-refractivity contribution in [3.05, 3.63) is 66.4 Å². The number of hydrogen-bond acceptors (Lipinski definition) is 5. The maximum absolute atomic E-state index is 12.1. The second-order valence-electron chi connectivity index (χ2n) is 6.30. The van der Waals surface area contributed by atoms with E-state index in [4.69, 9.17) is 10.5 Å². The summed E-state index contributed by atoms with van der Waals surface area (Å²) in [7, 11) is 3.42. The summed E-state index contributed by atoms with van der Waals surface area (Å²) in [5, 5.41) is 8.68. The zero-order valence-electron chi connectivity index (χ0n) is 15.5. The molecule has 2 aromatic heterocycles. The molecule has 0 bridgehead atoms. The van der Waals surface area contributed by atoms with Crippen LogP contribution in [0, 0.1) is 0 Å². The van der Waals surface area contributed by atoms with Crippen LogP contribution in [0.4, 0.5) is 11.4 Å². The van der Waals surface area contributed by atoms with Crippen LogP contribution in [0.3, 0.4) is 0 Å². The second kappa shape index (κ2) is 7.03. The van der Waals surface area contributed by atoms with Gasteiger partial charge in [-0.15, -0.1) is 0 Å². The van der Waals surface area contributed by atoms with Crippen LogP contribution in [0.5, 0.6) is 5.75 Å². The minimum Gasteiger partial charge on any atom is -0.497 e. The lowest BCUT2D eigenvalue weighted by atomic mass is 10.1. The lowest BCUT2D eigenvalue weighted by Crippen LogP contribution is -2.14. The fourth-order valence-corrected chi connectivity index (χ4v) is 3.18. The van der Waals surface area contributed by atoms with Crippen molar-refractivity contribution in [2.24, 2.45) is 12.8 Å². The van der Waals surface area contributed by atoms with Crippen molar-refractivity contribution in [3.8, 4) is 17.0 Å². The number of nitrogens with zero attached hydrogens (tertiary/aromatic N) is 3. The number of hydrogen-bond donors (Lipinski definition) is 2. The van der Waals surface area contributed by atoms with E-state index < -0.39 is 5.91 Å². The van der Waals surface area contributed by atoms with E-state index in [0.29, 0.717) is 22.6 Å². The molecular weight excluding hydrogens is 354 g/mol. The van der Waals surface area contributed by atoms with Crippen molar-refractivity contribution in [3.63, 3.8) is 0 Å². The van der Waals surface area contributed by atoms with Gasteiger partial charge in [-0.2, -0.15) is 5.10 Å². The van der Waals surface area contributed by atoms with Crippen molar-refractivity contribution >= 4 is 28.3 Å². The van der Waals surface area contributed by atoms with Gasteiger partial charge in [0.2, 0.25) is 0 Å². The van der Waals surface area contributed by atoms with Gasteiger partial charge in [0, 0.05) is 30.6 Å². The predicted octanol–water partition coefficient (Wildman–Crippen LogP) is 3.49. The van der Waals surface area contributed by atoms with Crippen LogP contribution in [0.15, 0.2) is 60.8 Å². The molecule has 0 saturated heterocycles. The molecule has 4 aromatic rings. The molecule has 140 valence electrons. The summed E-state index contributed by atoms with van der Waals surface area (Å²) in [6.45, 7) is 0. The van der Waals surface area contributed by atoms with Gasteiger partial charge < -0.3 is 15.8 Å². The van der Waals surface area contributed by atoms with Gasteiger partial charge in [0.15, 0.2) is 5.65 Å². The summed E-state index contributed by atoms with van der Waals surface area (Å²) in [4.78, 5) is 16.5. The lowest BCUT2D eigenvalue weighted by Gasteiger charge is -2.13. The van der Waals surface area contributed by atoms with E-state index in [2.05, 4.69) is 15.4 Å². The minimum atomic E-state index is -0.567. The van der Waals surface area contributed by atoms with Crippen LogP contribution >= 0.6 is 0 Å². The summed E-state index contributed by atoms with van der Waals surface area (Å²) < 4.78 is 6.99. The average Bonchev–Trinajstić information content (AvgIpc) is 3.06. The van der Waals surface area contributed by atoms with Gasteiger partial charge in [-0.3, -0.25) is 4.79 Å². The van der Waals surface area contributed by atoms with E-state index in [0.717, 1.165) is 22.3 Å². The van der Waals surface area contributed by atoms with Crippen molar-refractivity contribution < 1.29 is 9.53 Å². The van der Waals surface area contributed by atoms with E-state index >= 15 is 0 Å². The molecular formula is C21H19N5O2. The molecule has 0 radical (unpaired) electrons. The number of amides is 1. The number of nitrogens with two attached hydrogens (primary N) is 1. The molecule has 28 heavy (non-hydrogen) atoms. The fourth-order valence-electron chi connectivity index (χ4n) is 3.18. The first-order valence-electron chi connectivity index (χ1n) is 8.70. The Morgan fingerprint density at radius 3 is 2.64 bits per heavy atom. The molecule has 0 aliphatic rings. The topological polar surface area (TPSA) is 95.1 Å². The maximum atomic E-state index is 12.1. The number of nitrogens with one attached hydrogen (secondary N) is 1. The summed E-state index contributed by atoms with van der Waals surface area (Å²) in [5.41, 5.74) is 9.55. The molecule has 0 saturated carbocycles. The Morgan fingerprint density at radius 2 is 1.93 bits per heavy atom. The van der Waals surface area contributed by atoms with Crippen LogP contribution in [0.1, 0.15) is 10.4 Å². The predicted molar refractivity (Wildman–Crippen MR) is 109 cm³/mol. The molecule has 4 rings (SSSR count). The number of benzene rings is 2. The lowest BCUT2D eigenvalue weighted by molar-refractivity contribution is 0.100. The first-order chi connectivity index (χ1) is 13.6. The standard InChI is InChI=1S/C21H19N5O2/c1-26-21-17(18(25-26)13-7-4-3-5-8-13)19(16(12-23-21)20(22)27)24-14-9-6-10-15(11-14)28-2/h3-12H,1-2H3,(H2,22,27)(H,23,24). The van der Waals surface area contributed by atoms with Gasteiger partial charge in [-0.25, -0.2) is 9.67 Å². The van der Waals surface area contributed by atoms with Gasteiger partial charge in [0.05, 0.1) is 23.7 Å². The Morgan fingerprint density at radius 1 is 1.14 bits per heavy atom. The fraction of sp³-hybridized carbons (Fsp3) is 0.0952. The minimum absolute atomic E-state index is 0.292. The second-order valence-corrected chi connectivity index (χ2v) is 6.30. The SMILES string of the molecule is COc1cccc(Nc2c(C(N)=O)cnc3c2c(-c2ccccc2)nn3C)c1. The van der Waals surface area contributed by atoms with Gasteiger partial charge in [-0.1, -0.05) is 36.4 Å². The third kappa shape index (κ3) is 3.03. The quantitative estimate of drug-likeness (QED) is 0.558. The third-order valence-corrected chi connectivity index (χ3v) is 4.50. The van der Waals surface area contributed by atoms with Gasteiger partial charge in [0.25, 0.3) is 5.91 Å². The van der Waals surface area contributed by atoms with Crippen molar-refractivity contribution in [2.45, 2.75) is 0 Å².